The van der Waals surface area contributed by atoms with Crippen molar-refractivity contribution in [2.75, 3.05) is 18.1 Å². The minimum Gasteiger partial charge on any atom is -0.494 e. The van der Waals surface area contributed by atoms with Crippen LogP contribution in [0.5, 0.6) is 5.75 Å². The Labute approximate surface area is 157 Å². The number of ether oxygens (including phenoxy) is 1. The minimum absolute atomic E-state index is 0.0725. The molecule has 2 aromatic carbocycles. The summed E-state index contributed by atoms with van der Waals surface area (Å²) in [5.41, 5.74) is 3.03. The SMILES string of the molecule is CCCCCCCOc1ccc(C(=O)N2CCCc3ccccc32)cc1. The summed E-state index contributed by atoms with van der Waals surface area (Å²) in [4.78, 5) is 14.8. The second-order valence-electron chi connectivity index (χ2n) is 6.98. The molecule has 0 spiro atoms. The highest BCUT2D eigenvalue weighted by molar-refractivity contribution is 6.06. The first-order valence-electron chi connectivity index (χ1n) is 9.92. The van der Waals surface area contributed by atoms with E-state index in [0.29, 0.717) is 0 Å². The normalized spacial score (nSPS) is 13.3. The molecule has 1 amide bonds. The van der Waals surface area contributed by atoms with Gasteiger partial charge in [-0.05, 0) is 55.2 Å². The van der Waals surface area contributed by atoms with Crippen LogP contribution in [0.15, 0.2) is 48.5 Å². The van der Waals surface area contributed by atoms with Gasteiger partial charge in [-0.15, -0.1) is 0 Å². The van der Waals surface area contributed by atoms with E-state index in [1.165, 1.54) is 31.2 Å². The summed E-state index contributed by atoms with van der Waals surface area (Å²) in [6.45, 7) is 3.75. The number of carbonyl (C=O) groups is 1. The third-order valence-corrected chi connectivity index (χ3v) is 4.97. The summed E-state index contributed by atoms with van der Waals surface area (Å²) in [6, 6.07) is 15.8. The number of hydrogen-bond donors (Lipinski definition) is 0. The molecule has 3 heteroatoms. The number of nitrogens with zero attached hydrogens (tertiary/aromatic N) is 1. The highest BCUT2D eigenvalue weighted by atomic mass is 16.5. The van der Waals surface area contributed by atoms with Crippen LogP contribution in [0.3, 0.4) is 0 Å². The van der Waals surface area contributed by atoms with Crippen LogP contribution < -0.4 is 9.64 Å². The first kappa shape index (κ1) is 18.5. The predicted octanol–water partition coefficient (Wildman–Crippen LogP) is 5.63. The first-order chi connectivity index (χ1) is 12.8. The number of hydrogen-bond acceptors (Lipinski definition) is 2. The van der Waals surface area contributed by atoms with Crippen LogP contribution in [0.2, 0.25) is 0 Å². The van der Waals surface area contributed by atoms with Crippen molar-refractivity contribution in [2.24, 2.45) is 0 Å². The van der Waals surface area contributed by atoms with Crippen molar-refractivity contribution in [3.05, 3.63) is 59.7 Å². The molecule has 0 saturated carbocycles. The van der Waals surface area contributed by atoms with Gasteiger partial charge < -0.3 is 9.64 Å². The average Bonchev–Trinajstić information content (AvgIpc) is 2.70. The number of carbonyl (C=O) groups excluding carboxylic acids is 1. The zero-order chi connectivity index (χ0) is 18.2. The summed E-state index contributed by atoms with van der Waals surface area (Å²) in [5, 5.41) is 0. The molecule has 0 N–H and O–H groups in total. The molecule has 138 valence electrons. The number of anilines is 1. The summed E-state index contributed by atoms with van der Waals surface area (Å²) >= 11 is 0. The lowest BCUT2D eigenvalue weighted by Crippen LogP contribution is -2.35. The fraction of sp³-hybridized carbons (Fsp3) is 0.435. The molecule has 0 fully saturated rings. The van der Waals surface area contributed by atoms with Crippen LogP contribution in [0.4, 0.5) is 5.69 Å². The molecule has 0 aromatic heterocycles. The third kappa shape index (κ3) is 4.66. The summed E-state index contributed by atoms with van der Waals surface area (Å²) in [6.07, 6.45) is 8.22. The molecule has 0 radical (unpaired) electrons. The lowest BCUT2D eigenvalue weighted by atomic mass is 10.0. The van der Waals surface area contributed by atoms with Gasteiger partial charge in [0.2, 0.25) is 0 Å². The van der Waals surface area contributed by atoms with E-state index in [0.717, 1.165) is 49.4 Å². The quantitative estimate of drug-likeness (QED) is 0.577. The van der Waals surface area contributed by atoms with Crippen LogP contribution in [0.1, 0.15) is 61.4 Å². The van der Waals surface area contributed by atoms with Gasteiger partial charge in [-0.2, -0.15) is 0 Å². The van der Waals surface area contributed by atoms with Crippen LogP contribution in [-0.2, 0) is 6.42 Å². The van der Waals surface area contributed by atoms with Gasteiger partial charge in [0.25, 0.3) is 5.91 Å². The maximum atomic E-state index is 12.9. The third-order valence-electron chi connectivity index (χ3n) is 4.97. The zero-order valence-corrected chi connectivity index (χ0v) is 15.7. The molecule has 0 saturated heterocycles. The van der Waals surface area contributed by atoms with Crippen LogP contribution in [0, 0.1) is 0 Å². The van der Waals surface area contributed by atoms with E-state index in [4.69, 9.17) is 4.74 Å². The van der Waals surface area contributed by atoms with Crippen molar-refractivity contribution in [3.8, 4) is 5.75 Å². The number of benzene rings is 2. The molecule has 3 rings (SSSR count). The molecule has 0 atom stereocenters. The molecule has 0 bridgehead atoms. The fourth-order valence-electron chi connectivity index (χ4n) is 3.49. The van der Waals surface area contributed by atoms with Crippen LogP contribution >= 0.6 is 0 Å². The Hall–Kier alpha value is -2.29. The Balaban J connectivity index is 1.56. The molecule has 1 heterocycles. The van der Waals surface area contributed by atoms with Crippen molar-refractivity contribution in [3.63, 3.8) is 0 Å². The van der Waals surface area contributed by atoms with E-state index in [2.05, 4.69) is 13.0 Å². The van der Waals surface area contributed by atoms with E-state index in [1.54, 1.807) is 0 Å². The van der Waals surface area contributed by atoms with Crippen molar-refractivity contribution in [1.82, 2.24) is 0 Å². The van der Waals surface area contributed by atoms with Crippen molar-refractivity contribution >= 4 is 11.6 Å². The van der Waals surface area contributed by atoms with Gasteiger partial charge >= 0.3 is 0 Å². The lowest BCUT2D eigenvalue weighted by molar-refractivity contribution is 0.0985. The molecule has 1 aliphatic heterocycles. The van der Waals surface area contributed by atoms with Gasteiger partial charge in [0, 0.05) is 17.8 Å². The number of aryl methyl sites for hydroxylation is 1. The van der Waals surface area contributed by atoms with Gasteiger partial charge in [0.05, 0.1) is 6.61 Å². The molecular formula is C23H29NO2. The topological polar surface area (TPSA) is 29.5 Å². The minimum atomic E-state index is 0.0725. The molecule has 26 heavy (non-hydrogen) atoms. The maximum Gasteiger partial charge on any atom is 0.258 e. The smallest absolute Gasteiger partial charge is 0.258 e. The van der Waals surface area contributed by atoms with Crippen LogP contribution in [0.25, 0.3) is 0 Å². The van der Waals surface area contributed by atoms with Gasteiger partial charge in [-0.3, -0.25) is 4.79 Å². The summed E-state index contributed by atoms with van der Waals surface area (Å²) < 4.78 is 5.80. The highest BCUT2D eigenvalue weighted by Gasteiger charge is 2.23. The number of amides is 1. The number of unbranched alkanes of at least 4 members (excludes halogenated alkanes) is 4. The summed E-state index contributed by atoms with van der Waals surface area (Å²) in [5.74, 6) is 0.916. The molecule has 2 aromatic rings. The molecular weight excluding hydrogens is 322 g/mol. The Kier molecular flexibility index (Phi) is 6.70. The van der Waals surface area contributed by atoms with E-state index < -0.39 is 0 Å². The Morgan fingerprint density at radius 1 is 1.00 bits per heavy atom. The van der Waals surface area contributed by atoms with Crippen LogP contribution in [-0.4, -0.2) is 19.1 Å². The first-order valence-corrected chi connectivity index (χ1v) is 9.92. The van der Waals surface area contributed by atoms with Crippen molar-refractivity contribution in [2.45, 2.75) is 51.9 Å². The van der Waals surface area contributed by atoms with Gasteiger partial charge in [-0.25, -0.2) is 0 Å². The lowest BCUT2D eigenvalue weighted by Gasteiger charge is -2.29. The number of fused-ring (bicyclic) bond motifs is 1. The number of para-hydroxylation sites is 1. The van der Waals surface area contributed by atoms with Gasteiger partial charge in [-0.1, -0.05) is 50.8 Å². The molecule has 3 nitrogen and oxygen atoms in total. The monoisotopic (exact) mass is 351 g/mol. The number of rotatable bonds is 8. The highest BCUT2D eigenvalue weighted by Crippen LogP contribution is 2.28. The molecule has 0 unspecified atom stereocenters. The zero-order valence-electron chi connectivity index (χ0n) is 15.7. The summed E-state index contributed by atoms with van der Waals surface area (Å²) in [7, 11) is 0. The Morgan fingerprint density at radius 3 is 2.58 bits per heavy atom. The van der Waals surface area contributed by atoms with Crippen molar-refractivity contribution in [1.29, 1.82) is 0 Å². The van der Waals surface area contributed by atoms with Gasteiger partial charge in [0.15, 0.2) is 0 Å². The molecule has 1 aliphatic rings. The molecule has 0 aliphatic carbocycles. The van der Waals surface area contributed by atoms with E-state index in [-0.39, 0.29) is 5.91 Å². The van der Waals surface area contributed by atoms with E-state index in [9.17, 15) is 4.79 Å². The second-order valence-corrected chi connectivity index (χ2v) is 6.98. The standard InChI is InChI=1S/C23H29NO2/c1-2-3-4-5-8-18-26-21-15-13-20(14-16-21)23(25)24-17-9-11-19-10-6-7-12-22(19)24/h6-7,10,12-16H,2-5,8-9,11,17-18H2,1H3. The van der Waals surface area contributed by atoms with Crippen molar-refractivity contribution < 1.29 is 9.53 Å². The van der Waals surface area contributed by atoms with Gasteiger partial charge in [0.1, 0.15) is 5.75 Å². The predicted molar refractivity (Wildman–Crippen MR) is 107 cm³/mol. The maximum absolute atomic E-state index is 12.9. The fourth-order valence-corrected chi connectivity index (χ4v) is 3.49. The van der Waals surface area contributed by atoms with E-state index >= 15 is 0 Å². The Bertz CT molecular complexity index is 708. The average molecular weight is 351 g/mol. The van der Waals surface area contributed by atoms with E-state index in [1.807, 2.05) is 47.4 Å². The Morgan fingerprint density at radius 2 is 1.77 bits per heavy atom. The largest absolute Gasteiger partial charge is 0.494 e. The second kappa shape index (κ2) is 9.42.